The predicted octanol–water partition coefficient (Wildman–Crippen LogP) is 3.59. The summed E-state index contributed by atoms with van der Waals surface area (Å²) >= 11 is 17.8. The molecule has 2 aliphatic rings. The van der Waals surface area contributed by atoms with Crippen LogP contribution in [0.2, 0.25) is 10.0 Å². The highest BCUT2D eigenvalue weighted by atomic mass is 35.5. The highest BCUT2D eigenvalue weighted by Crippen LogP contribution is 2.44. The summed E-state index contributed by atoms with van der Waals surface area (Å²) in [5.41, 5.74) is 0.701. The van der Waals surface area contributed by atoms with E-state index in [0.717, 1.165) is 24.4 Å². The number of benzene rings is 1. The van der Waals surface area contributed by atoms with Gasteiger partial charge in [-0.2, -0.15) is 0 Å². The topological polar surface area (TPSA) is 43.7 Å². The largest absolute Gasteiger partial charge is 0.508 e. The Morgan fingerprint density at radius 1 is 1.29 bits per heavy atom. The first kappa shape index (κ1) is 15.3. The molecule has 1 atom stereocenters. The van der Waals surface area contributed by atoms with E-state index in [1.807, 2.05) is 0 Å². The van der Waals surface area contributed by atoms with Crippen LogP contribution in [0.3, 0.4) is 0 Å². The number of aliphatic hydroxyl groups is 1. The average molecular weight is 346 g/mol. The Labute approximate surface area is 139 Å². The molecule has 1 aliphatic carbocycles. The van der Waals surface area contributed by atoms with Gasteiger partial charge in [-0.3, -0.25) is 0 Å². The summed E-state index contributed by atoms with van der Waals surface area (Å²) in [5.74, 6) is 0.665. The Hall–Kier alpha value is -0.550. The summed E-state index contributed by atoms with van der Waals surface area (Å²) in [6.45, 7) is 1.01. The van der Waals surface area contributed by atoms with Crippen molar-refractivity contribution in [1.82, 2.24) is 4.90 Å². The molecule has 6 heteroatoms. The summed E-state index contributed by atoms with van der Waals surface area (Å²) in [6.07, 6.45) is 2.68. The molecule has 1 aromatic rings. The van der Waals surface area contributed by atoms with Gasteiger partial charge in [0.05, 0.1) is 15.0 Å². The van der Waals surface area contributed by atoms with E-state index in [1.54, 1.807) is 12.1 Å². The molecule has 2 N–H and O–H groups in total. The Bertz CT molecular complexity index is 575. The number of phenolic OH excluding ortho intramolecular Hbond substituents is 1. The minimum Gasteiger partial charge on any atom is -0.508 e. The number of likely N-dealkylation sites (tertiary alicyclic amines) is 1. The molecule has 0 amide bonds. The number of aliphatic hydroxyl groups excluding tert-OH is 1. The van der Waals surface area contributed by atoms with Crippen molar-refractivity contribution in [2.45, 2.75) is 31.2 Å². The van der Waals surface area contributed by atoms with Crippen molar-refractivity contribution < 1.29 is 10.2 Å². The van der Waals surface area contributed by atoms with Crippen molar-refractivity contribution >= 4 is 40.4 Å². The second-order valence-corrected chi connectivity index (χ2v) is 7.17. The number of hydrogen-bond donors (Lipinski definition) is 2. The number of aromatic hydroxyl groups is 1. The molecule has 1 heterocycles. The molecule has 1 unspecified atom stereocenters. The van der Waals surface area contributed by atoms with Crippen LogP contribution < -0.4 is 0 Å². The van der Waals surface area contributed by atoms with E-state index in [9.17, 15) is 5.11 Å². The van der Waals surface area contributed by atoms with E-state index in [0.29, 0.717) is 34.0 Å². The van der Waals surface area contributed by atoms with Crippen LogP contribution in [0.4, 0.5) is 0 Å². The Kier molecular flexibility index (Phi) is 4.33. The van der Waals surface area contributed by atoms with Gasteiger partial charge in [0.2, 0.25) is 0 Å². The molecule has 3 rings (SSSR count). The van der Waals surface area contributed by atoms with Crippen molar-refractivity contribution in [3.05, 3.63) is 27.7 Å². The van der Waals surface area contributed by atoms with Crippen LogP contribution in [0.5, 0.6) is 5.75 Å². The van der Waals surface area contributed by atoms with Gasteiger partial charge in [0.15, 0.2) is 0 Å². The number of halogens is 2. The number of nitrogens with zero attached hydrogens (tertiary/aromatic N) is 1. The second-order valence-electron chi connectivity index (χ2n) is 5.92. The lowest BCUT2D eigenvalue weighted by Crippen LogP contribution is -2.46. The van der Waals surface area contributed by atoms with Gasteiger partial charge in [-0.25, -0.2) is 0 Å². The monoisotopic (exact) mass is 345 g/mol. The highest BCUT2D eigenvalue weighted by Gasteiger charge is 2.40. The number of phenols is 1. The molecule has 1 aromatic carbocycles. The fourth-order valence-electron chi connectivity index (χ4n) is 3.33. The third-order valence-electron chi connectivity index (χ3n) is 4.59. The summed E-state index contributed by atoms with van der Waals surface area (Å²) in [4.78, 5) is 3.14. The van der Waals surface area contributed by atoms with Gasteiger partial charge in [-0.1, -0.05) is 35.4 Å². The van der Waals surface area contributed by atoms with Crippen LogP contribution in [-0.4, -0.2) is 39.3 Å². The molecule has 1 saturated carbocycles. The molecule has 0 spiro atoms. The van der Waals surface area contributed by atoms with Gasteiger partial charge in [0.1, 0.15) is 5.75 Å². The Morgan fingerprint density at radius 3 is 2.67 bits per heavy atom. The van der Waals surface area contributed by atoms with E-state index >= 15 is 0 Å². The van der Waals surface area contributed by atoms with Crippen LogP contribution in [-0.2, 0) is 0 Å². The van der Waals surface area contributed by atoms with Crippen molar-refractivity contribution in [3.8, 4) is 5.75 Å². The molecule has 0 aromatic heterocycles. The van der Waals surface area contributed by atoms with Crippen LogP contribution in [0.15, 0.2) is 12.1 Å². The summed E-state index contributed by atoms with van der Waals surface area (Å²) < 4.78 is 0. The van der Waals surface area contributed by atoms with Gasteiger partial charge >= 0.3 is 0 Å². The molecule has 21 heavy (non-hydrogen) atoms. The fourth-order valence-corrected chi connectivity index (χ4v) is 4.23. The van der Waals surface area contributed by atoms with E-state index in [4.69, 9.17) is 40.5 Å². The van der Waals surface area contributed by atoms with Crippen LogP contribution in [0, 0.1) is 5.92 Å². The Morgan fingerprint density at radius 2 is 2.00 bits per heavy atom. The SMILES string of the molecule is OCC1CC(N2CC(c3c(O)ccc(Cl)c3Cl)CC2=S)C1. The molecule has 0 radical (unpaired) electrons. The molecule has 1 saturated heterocycles. The van der Waals surface area contributed by atoms with Crippen LogP contribution in [0.1, 0.15) is 30.7 Å². The minimum atomic E-state index is 0.0804. The first-order valence-corrected chi connectivity index (χ1v) is 8.24. The van der Waals surface area contributed by atoms with Crippen molar-refractivity contribution in [3.63, 3.8) is 0 Å². The number of thiocarbonyl (C=S) groups is 1. The van der Waals surface area contributed by atoms with E-state index in [2.05, 4.69) is 4.90 Å². The van der Waals surface area contributed by atoms with Crippen molar-refractivity contribution in [1.29, 1.82) is 0 Å². The lowest BCUT2D eigenvalue weighted by Gasteiger charge is -2.41. The zero-order valence-corrected chi connectivity index (χ0v) is 13.8. The smallest absolute Gasteiger partial charge is 0.120 e. The normalized spacial score (nSPS) is 28.8. The van der Waals surface area contributed by atoms with Gasteiger partial charge < -0.3 is 15.1 Å². The van der Waals surface area contributed by atoms with Gasteiger partial charge in [-0.05, 0) is 30.9 Å². The van der Waals surface area contributed by atoms with Gasteiger partial charge in [0, 0.05) is 37.1 Å². The minimum absolute atomic E-state index is 0.0804. The zero-order chi connectivity index (χ0) is 15.1. The van der Waals surface area contributed by atoms with Crippen molar-refractivity contribution in [2.24, 2.45) is 5.92 Å². The first-order chi connectivity index (χ1) is 10.0. The van der Waals surface area contributed by atoms with Crippen molar-refractivity contribution in [2.75, 3.05) is 13.2 Å². The molecule has 3 nitrogen and oxygen atoms in total. The van der Waals surface area contributed by atoms with E-state index in [1.165, 1.54) is 0 Å². The third kappa shape index (κ3) is 2.74. The second kappa shape index (κ2) is 5.92. The summed E-state index contributed by atoms with van der Waals surface area (Å²) in [7, 11) is 0. The van der Waals surface area contributed by atoms with E-state index < -0.39 is 0 Å². The third-order valence-corrected chi connectivity index (χ3v) is 5.81. The highest BCUT2D eigenvalue weighted by molar-refractivity contribution is 7.80. The van der Waals surface area contributed by atoms with Gasteiger partial charge in [-0.15, -0.1) is 0 Å². The maximum Gasteiger partial charge on any atom is 0.120 e. The molecular formula is C15H17Cl2NO2S. The quantitative estimate of drug-likeness (QED) is 0.821. The average Bonchev–Trinajstić information content (AvgIpc) is 2.75. The summed E-state index contributed by atoms with van der Waals surface area (Å²) in [6, 6.07) is 3.60. The molecule has 1 aliphatic heterocycles. The van der Waals surface area contributed by atoms with Gasteiger partial charge in [0.25, 0.3) is 0 Å². The van der Waals surface area contributed by atoms with E-state index in [-0.39, 0.29) is 18.3 Å². The Balaban J connectivity index is 1.78. The molecular weight excluding hydrogens is 329 g/mol. The van der Waals surface area contributed by atoms with Crippen LogP contribution in [0.25, 0.3) is 0 Å². The lowest BCUT2D eigenvalue weighted by atomic mass is 9.80. The zero-order valence-electron chi connectivity index (χ0n) is 11.4. The molecule has 2 fully saturated rings. The first-order valence-electron chi connectivity index (χ1n) is 7.08. The van der Waals surface area contributed by atoms with Crippen LogP contribution >= 0.6 is 35.4 Å². The molecule has 114 valence electrons. The standard InChI is InChI=1S/C15H17Cl2NO2S/c16-11-1-2-12(20)14(15(11)17)9-5-13(21)18(6-9)10-3-8(4-10)7-19/h1-2,8-10,19-20H,3-7H2. The molecule has 0 bridgehead atoms. The number of rotatable bonds is 3. The number of hydrogen-bond acceptors (Lipinski definition) is 3. The maximum absolute atomic E-state index is 10.1. The lowest BCUT2D eigenvalue weighted by molar-refractivity contribution is 0.0868. The summed E-state index contributed by atoms with van der Waals surface area (Å²) in [5, 5.41) is 20.1. The fraction of sp³-hybridized carbons (Fsp3) is 0.533. The predicted molar refractivity (Wildman–Crippen MR) is 88.4 cm³/mol. The maximum atomic E-state index is 10.1.